The molecule has 3 N–H and O–H groups in total. The van der Waals surface area contributed by atoms with Gasteiger partial charge in [-0.15, -0.1) is 0 Å². The number of carbonyl (C=O) groups excluding carboxylic acids is 2. The van der Waals surface area contributed by atoms with Crippen LogP contribution in [0.2, 0.25) is 0 Å². The highest BCUT2D eigenvalue weighted by Gasteiger charge is 2.30. The fourth-order valence-electron chi connectivity index (χ4n) is 2.18. The van der Waals surface area contributed by atoms with Crippen LogP contribution < -0.4 is 5.32 Å². The Kier molecular flexibility index (Phi) is 7.91. The molecule has 0 fully saturated rings. The van der Waals surface area contributed by atoms with Crippen molar-refractivity contribution < 1.29 is 29.3 Å². The van der Waals surface area contributed by atoms with Crippen molar-refractivity contribution in [3.05, 3.63) is 35.9 Å². The number of aliphatic hydroxyl groups is 1. The molecule has 7 heteroatoms. The number of carbonyl (C=O) groups is 3. The van der Waals surface area contributed by atoms with E-state index >= 15 is 0 Å². The van der Waals surface area contributed by atoms with Crippen molar-refractivity contribution in [3.8, 4) is 0 Å². The maximum Gasteiger partial charge on any atom is 0.407 e. The molecule has 132 valence electrons. The maximum absolute atomic E-state index is 11.9. The molecule has 0 bridgehead atoms. The molecule has 0 aromatic heterocycles. The molecule has 0 aliphatic rings. The molecule has 1 amide bonds. The summed E-state index contributed by atoms with van der Waals surface area (Å²) in [5.41, 5.74) is 0.814. The number of nitrogens with one attached hydrogen (secondary N) is 1. The second kappa shape index (κ2) is 9.67. The minimum absolute atomic E-state index is 0.0735. The third kappa shape index (κ3) is 6.37. The Bertz CT molecular complexity index is 559. The van der Waals surface area contributed by atoms with Crippen molar-refractivity contribution >= 4 is 17.8 Å². The largest absolute Gasteiger partial charge is 0.475 e. The van der Waals surface area contributed by atoms with Crippen LogP contribution >= 0.6 is 0 Å². The van der Waals surface area contributed by atoms with Crippen LogP contribution in [-0.4, -0.2) is 40.2 Å². The number of benzene rings is 1. The summed E-state index contributed by atoms with van der Waals surface area (Å²) in [6.45, 7) is 3.72. The molecule has 1 unspecified atom stereocenters. The van der Waals surface area contributed by atoms with E-state index in [0.717, 1.165) is 5.56 Å². The minimum atomic E-state index is -1.61. The summed E-state index contributed by atoms with van der Waals surface area (Å²) in [6.07, 6.45) is -1.97. The number of alkyl carbamates (subject to hydrolysis) is 1. The topological polar surface area (TPSA) is 113 Å². The fraction of sp³-hybridized carbons (Fsp3) is 0.471. The maximum atomic E-state index is 11.9. The van der Waals surface area contributed by atoms with Crippen LogP contribution in [0.4, 0.5) is 4.79 Å². The van der Waals surface area contributed by atoms with E-state index in [9.17, 15) is 19.5 Å². The number of hydrogen-bond donors (Lipinski definition) is 3. The number of aliphatic carboxylic acids is 1. The Morgan fingerprint density at radius 3 is 2.38 bits per heavy atom. The van der Waals surface area contributed by atoms with E-state index in [1.807, 2.05) is 25.1 Å². The van der Waals surface area contributed by atoms with Crippen molar-refractivity contribution in [1.29, 1.82) is 0 Å². The predicted octanol–water partition coefficient (Wildman–Crippen LogP) is 1.73. The molecule has 24 heavy (non-hydrogen) atoms. The fourth-order valence-corrected chi connectivity index (χ4v) is 2.18. The van der Waals surface area contributed by atoms with Crippen molar-refractivity contribution in [2.45, 2.75) is 45.4 Å². The van der Waals surface area contributed by atoms with Crippen molar-refractivity contribution in [3.63, 3.8) is 0 Å². The van der Waals surface area contributed by atoms with Gasteiger partial charge in [-0.1, -0.05) is 50.6 Å². The molecule has 1 aromatic carbocycles. The van der Waals surface area contributed by atoms with Crippen LogP contribution in [0.3, 0.4) is 0 Å². The summed E-state index contributed by atoms with van der Waals surface area (Å²) in [7, 11) is 0. The van der Waals surface area contributed by atoms with Crippen molar-refractivity contribution in [2.24, 2.45) is 5.92 Å². The summed E-state index contributed by atoms with van der Waals surface area (Å²) >= 11 is 0. The Morgan fingerprint density at radius 1 is 1.21 bits per heavy atom. The van der Waals surface area contributed by atoms with E-state index in [2.05, 4.69) is 5.32 Å². The zero-order valence-electron chi connectivity index (χ0n) is 13.8. The molecule has 0 saturated heterocycles. The summed E-state index contributed by atoms with van der Waals surface area (Å²) in [4.78, 5) is 33.8. The van der Waals surface area contributed by atoms with E-state index in [0.29, 0.717) is 6.42 Å². The lowest BCUT2D eigenvalue weighted by Crippen LogP contribution is -2.48. The minimum Gasteiger partial charge on any atom is -0.475 e. The van der Waals surface area contributed by atoms with E-state index in [4.69, 9.17) is 9.84 Å². The summed E-state index contributed by atoms with van der Waals surface area (Å²) in [5, 5.41) is 21.3. The third-order valence-electron chi connectivity index (χ3n) is 3.80. The van der Waals surface area contributed by atoms with Gasteiger partial charge in [0.15, 0.2) is 0 Å². The van der Waals surface area contributed by atoms with Gasteiger partial charge in [-0.2, -0.15) is 0 Å². The smallest absolute Gasteiger partial charge is 0.407 e. The van der Waals surface area contributed by atoms with E-state index in [1.165, 1.54) is 0 Å². The summed E-state index contributed by atoms with van der Waals surface area (Å²) < 4.78 is 5.09. The van der Waals surface area contributed by atoms with Gasteiger partial charge in [-0.25, -0.2) is 9.59 Å². The number of aliphatic hydroxyl groups excluding tert-OH is 1. The highest BCUT2D eigenvalue weighted by atomic mass is 16.5. The van der Waals surface area contributed by atoms with E-state index < -0.39 is 36.4 Å². The summed E-state index contributed by atoms with van der Waals surface area (Å²) in [5.74, 6) is -2.87. The van der Waals surface area contributed by atoms with Crippen molar-refractivity contribution in [1.82, 2.24) is 5.32 Å². The van der Waals surface area contributed by atoms with Gasteiger partial charge in [0, 0.05) is 6.42 Å². The molecule has 0 heterocycles. The van der Waals surface area contributed by atoms with Crippen molar-refractivity contribution in [2.75, 3.05) is 0 Å². The first kappa shape index (κ1) is 19.6. The molecular weight excluding hydrogens is 314 g/mol. The number of ether oxygens (including phenoxy) is 1. The molecule has 0 spiro atoms. The molecule has 0 saturated carbocycles. The zero-order chi connectivity index (χ0) is 18.1. The Hall–Kier alpha value is -2.41. The van der Waals surface area contributed by atoms with E-state index in [-0.39, 0.29) is 12.5 Å². The first-order valence-electron chi connectivity index (χ1n) is 7.76. The quantitative estimate of drug-likeness (QED) is 0.592. The SMILES string of the molecule is CCC(C)[C@H](NC(=O)OCc1ccccc1)[C@H](O)CC(=O)C(=O)O. The standard InChI is InChI=1S/C17H23NO6/c1-3-11(2)15(13(19)9-14(20)16(21)22)18-17(23)24-10-12-7-5-4-6-8-12/h4-8,11,13,15,19H,3,9-10H2,1-2H3,(H,18,23)(H,21,22)/t11?,13-,15+/m1/s1. The number of amides is 1. The first-order valence-corrected chi connectivity index (χ1v) is 7.76. The van der Waals surface area contributed by atoms with Gasteiger partial charge in [0.05, 0.1) is 12.1 Å². The Balaban J connectivity index is 2.62. The number of carboxylic acid groups (broad SMARTS) is 1. The van der Waals surface area contributed by atoms with Crippen LogP contribution in [0, 0.1) is 5.92 Å². The number of ketones is 1. The van der Waals surface area contributed by atoms with E-state index in [1.54, 1.807) is 19.1 Å². The molecule has 7 nitrogen and oxygen atoms in total. The number of hydrogen-bond acceptors (Lipinski definition) is 5. The number of Topliss-reactive ketones (excluding diaryl/α,β-unsaturated/α-hetero) is 1. The van der Waals surface area contributed by atoms with Gasteiger partial charge in [-0.05, 0) is 11.5 Å². The monoisotopic (exact) mass is 337 g/mol. The average Bonchev–Trinajstić information content (AvgIpc) is 2.57. The van der Waals surface area contributed by atoms with Crippen LogP contribution in [0.1, 0.15) is 32.3 Å². The van der Waals surface area contributed by atoms with Gasteiger partial charge < -0.3 is 20.3 Å². The van der Waals surface area contributed by atoms with Gasteiger partial charge >= 0.3 is 12.1 Å². The van der Waals surface area contributed by atoms with Crippen LogP contribution in [0.15, 0.2) is 30.3 Å². The van der Waals surface area contributed by atoms with Gasteiger partial charge in [-0.3, -0.25) is 4.79 Å². The number of carboxylic acids is 1. The van der Waals surface area contributed by atoms with Gasteiger partial charge in [0.2, 0.25) is 5.78 Å². The lowest BCUT2D eigenvalue weighted by Gasteiger charge is -2.28. The molecular formula is C17H23NO6. The lowest BCUT2D eigenvalue weighted by molar-refractivity contribution is -0.150. The van der Waals surface area contributed by atoms with Crippen LogP contribution in [-0.2, 0) is 20.9 Å². The Labute approximate surface area is 140 Å². The second-order valence-electron chi connectivity index (χ2n) is 5.62. The first-order chi connectivity index (χ1) is 11.3. The number of rotatable bonds is 9. The van der Waals surface area contributed by atoms with Gasteiger partial charge in [0.25, 0.3) is 0 Å². The highest BCUT2D eigenvalue weighted by Crippen LogP contribution is 2.15. The summed E-state index contributed by atoms with van der Waals surface area (Å²) in [6, 6.07) is 8.32. The lowest BCUT2D eigenvalue weighted by atomic mass is 9.92. The molecule has 1 rings (SSSR count). The molecule has 0 aliphatic carbocycles. The molecule has 0 aliphatic heterocycles. The highest BCUT2D eigenvalue weighted by molar-refractivity contribution is 6.32. The second-order valence-corrected chi connectivity index (χ2v) is 5.62. The zero-order valence-corrected chi connectivity index (χ0v) is 13.8. The molecule has 0 radical (unpaired) electrons. The van der Waals surface area contributed by atoms with Gasteiger partial charge in [0.1, 0.15) is 6.61 Å². The third-order valence-corrected chi connectivity index (χ3v) is 3.80. The molecule has 1 aromatic rings. The molecule has 3 atom stereocenters. The Morgan fingerprint density at radius 2 is 1.83 bits per heavy atom. The average molecular weight is 337 g/mol. The normalized spacial score (nSPS) is 14.3. The predicted molar refractivity (Wildman–Crippen MR) is 86.3 cm³/mol. The van der Waals surface area contributed by atoms with Crippen LogP contribution in [0.5, 0.6) is 0 Å². The van der Waals surface area contributed by atoms with Crippen LogP contribution in [0.25, 0.3) is 0 Å².